The number of nitrogens with two attached hydrogens (primary N) is 1. The molecule has 0 saturated carbocycles. The molecule has 1 atom stereocenters. The molecule has 3 nitrogen and oxygen atoms in total. The lowest BCUT2D eigenvalue weighted by Gasteiger charge is -2.26. The highest BCUT2D eigenvalue weighted by atomic mass is 79.9. The Hall–Kier alpha value is -0.870. The van der Waals surface area contributed by atoms with E-state index in [4.69, 9.17) is 5.73 Å². The van der Waals surface area contributed by atoms with Crippen molar-refractivity contribution in [1.29, 1.82) is 0 Å². The predicted molar refractivity (Wildman–Crippen MR) is 64.0 cm³/mol. The van der Waals surface area contributed by atoms with Gasteiger partial charge in [-0.3, -0.25) is 4.79 Å². The van der Waals surface area contributed by atoms with Gasteiger partial charge in [-0.1, -0.05) is 28.1 Å². The summed E-state index contributed by atoms with van der Waals surface area (Å²) in [6.07, 6.45) is 1.40. The minimum Gasteiger partial charge on any atom is -0.315 e. The molecule has 2 N–H and O–H groups in total. The third-order valence-corrected chi connectivity index (χ3v) is 3.29. The Kier molecular flexibility index (Phi) is 2.80. The molecule has 1 heterocycles. The molecule has 1 unspecified atom stereocenters. The van der Waals surface area contributed by atoms with Crippen LogP contribution in [0.5, 0.6) is 0 Å². The minimum atomic E-state index is -0.134. The second-order valence-electron chi connectivity index (χ2n) is 3.74. The molecule has 1 amide bonds. The molecule has 15 heavy (non-hydrogen) atoms. The van der Waals surface area contributed by atoms with E-state index < -0.39 is 0 Å². The van der Waals surface area contributed by atoms with Crippen molar-refractivity contribution in [1.82, 2.24) is 0 Å². The van der Waals surface area contributed by atoms with Gasteiger partial charge in [0.1, 0.15) is 0 Å². The minimum absolute atomic E-state index is 0.134. The largest absolute Gasteiger partial charge is 0.315 e. The van der Waals surface area contributed by atoms with Crippen molar-refractivity contribution in [2.75, 3.05) is 11.9 Å². The number of anilines is 1. The number of halogens is 1. The summed E-state index contributed by atoms with van der Waals surface area (Å²) in [5.74, 6) is 0.179. The first kappa shape index (κ1) is 10.6. The number of nitrogens with zero attached hydrogens (tertiary/aromatic N) is 1. The Balaban J connectivity index is 2.42. The number of benzene rings is 1. The van der Waals surface area contributed by atoms with Gasteiger partial charge in [-0.2, -0.15) is 0 Å². The molecule has 0 saturated heterocycles. The highest BCUT2D eigenvalue weighted by Gasteiger charge is 2.21. The number of aryl methyl sites for hydroxylation is 1. The fraction of sp³-hybridized carbons (Fsp3) is 0.364. The second-order valence-corrected chi connectivity index (χ2v) is 4.73. The van der Waals surface area contributed by atoms with E-state index in [0.717, 1.165) is 17.7 Å². The second kappa shape index (κ2) is 3.94. The van der Waals surface area contributed by atoms with E-state index in [-0.39, 0.29) is 10.9 Å². The number of amides is 1. The van der Waals surface area contributed by atoms with E-state index in [9.17, 15) is 4.79 Å². The van der Waals surface area contributed by atoms with Crippen molar-refractivity contribution in [3.8, 4) is 0 Å². The first-order valence-corrected chi connectivity index (χ1v) is 5.80. The van der Waals surface area contributed by atoms with Gasteiger partial charge in [-0.25, -0.2) is 0 Å². The van der Waals surface area contributed by atoms with Gasteiger partial charge < -0.3 is 10.6 Å². The molecule has 80 valence electrons. The summed E-state index contributed by atoms with van der Waals surface area (Å²) in [5.41, 5.74) is 9.00. The number of hydrogen-bond donors (Lipinski definition) is 1. The summed E-state index contributed by atoms with van der Waals surface area (Å²) in [4.78, 5) is 13.0. The Labute approximate surface area is 97.4 Å². The van der Waals surface area contributed by atoms with Crippen molar-refractivity contribution >= 4 is 27.5 Å². The highest BCUT2D eigenvalue weighted by Crippen LogP contribution is 2.29. The van der Waals surface area contributed by atoms with Crippen LogP contribution in [0.15, 0.2) is 18.2 Å². The summed E-state index contributed by atoms with van der Waals surface area (Å²) in [7, 11) is 1.81. The van der Waals surface area contributed by atoms with Gasteiger partial charge in [0.15, 0.2) is 0 Å². The lowest BCUT2D eigenvalue weighted by molar-refractivity contribution is -0.118. The van der Waals surface area contributed by atoms with Crippen LogP contribution in [-0.2, 0) is 11.2 Å². The van der Waals surface area contributed by atoms with Crippen molar-refractivity contribution < 1.29 is 4.79 Å². The van der Waals surface area contributed by atoms with E-state index >= 15 is 0 Å². The zero-order valence-corrected chi connectivity index (χ0v) is 10.1. The average molecular weight is 269 g/mol. The van der Waals surface area contributed by atoms with Crippen LogP contribution in [0.4, 0.5) is 5.69 Å². The van der Waals surface area contributed by atoms with Gasteiger partial charge in [-0.15, -0.1) is 0 Å². The SMILES string of the molecule is CN1C(=O)CCc2cc(C(N)Br)ccc21. The number of hydrogen-bond acceptors (Lipinski definition) is 2. The third-order valence-electron chi connectivity index (χ3n) is 2.77. The van der Waals surface area contributed by atoms with Crippen molar-refractivity contribution in [2.45, 2.75) is 17.8 Å². The molecule has 1 aromatic rings. The molecule has 4 heteroatoms. The van der Waals surface area contributed by atoms with Crippen LogP contribution in [0.3, 0.4) is 0 Å². The molecule has 2 rings (SSSR count). The monoisotopic (exact) mass is 268 g/mol. The number of fused-ring (bicyclic) bond motifs is 1. The molecule has 0 bridgehead atoms. The van der Waals surface area contributed by atoms with E-state index in [0.29, 0.717) is 6.42 Å². The van der Waals surface area contributed by atoms with Crippen LogP contribution in [0.1, 0.15) is 22.5 Å². The Morgan fingerprint density at radius 3 is 2.87 bits per heavy atom. The lowest BCUT2D eigenvalue weighted by atomic mass is 9.99. The molecule has 0 spiro atoms. The number of carbonyl (C=O) groups is 1. The molecule has 1 aliphatic heterocycles. The van der Waals surface area contributed by atoms with Gasteiger partial charge in [-0.05, 0) is 23.6 Å². The molecular formula is C11H13BrN2O. The van der Waals surface area contributed by atoms with Crippen LogP contribution in [0.25, 0.3) is 0 Å². The summed E-state index contributed by atoms with van der Waals surface area (Å²) in [6.45, 7) is 0. The van der Waals surface area contributed by atoms with Gasteiger partial charge in [0.2, 0.25) is 5.91 Å². The normalized spacial score (nSPS) is 17.5. The van der Waals surface area contributed by atoms with Crippen molar-refractivity contribution in [3.63, 3.8) is 0 Å². The van der Waals surface area contributed by atoms with Gasteiger partial charge in [0.25, 0.3) is 0 Å². The highest BCUT2D eigenvalue weighted by molar-refractivity contribution is 9.09. The predicted octanol–water partition coefficient (Wildman–Crippen LogP) is 1.95. The first-order valence-electron chi connectivity index (χ1n) is 4.88. The lowest BCUT2D eigenvalue weighted by Crippen LogP contribution is -2.31. The fourth-order valence-corrected chi connectivity index (χ4v) is 2.13. The smallest absolute Gasteiger partial charge is 0.227 e. The Morgan fingerprint density at radius 2 is 2.20 bits per heavy atom. The van der Waals surface area contributed by atoms with Crippen LogP contribution < -0.4 is 10.6 Å². The van der Waals surface area contributed by atoms with Crippen molar-refractivity contribution in [2.24, 2.45) is 5.73 Å². The average Bonchev–Trinajstić information content (AvgIpc) is 2.23. The van der Waals surface area contributed by atoms with Crippen LogP contribution >= 0.6 is 15.9 Å². The maximum atomic E-state index is 11.5. The standard InChI is InChI=1S/C11H13BrN2O/c1-14-9-4-2-8(11(12)13)6-7(9)3-5-10(14)15/h2,4,6,11H,3,5,13H2,1H3. The molecule has 0 aliphatic carbocycles. The van der Waals surface area contributed by atoms with E-state index in [1.54, 1.807) is 4.90 Å². The quantitative estimate of drug-likeness (QED) is 0.625. The molecule has 0 aromatic heterocycles. The number of alkyl halides is 1. The Bertz CT molecular complexity index is 404. The van der Waals surface area contributed by atoms with Crippen LogP contribution in [-0.4, -0.2) is 13.0 Å². The summed E-state index contributed by atoms with van der Waals surface area (Å²) in [5, 5.41) is 0. The third kappa shape index (κ3) is 1.92. The van der Waals surface area contributed by atoms with Crippen LogP contribution in [0.2, 0.25) is 0 Å². The zero-order chi connectivity index (χ0) is 11.0. The maximum Gasteiger partial charge on any atom is 0.227 e. The summed E-state index contributed by atoms with van der Waals surface area (Å²) < 4.78 is 0. The fourth-order valence-electron chi connectivity index (χ4n) is 1.85. The molecule has 1 aromatic carbocycles. The van der Waals surface area contributed by atoms with E-state index in [1.807, 2.05) is 19.2 Å². The van der Waals surface area contributed by atoms with Gasteiger partial charge in [0, 0.05) is 19.2 Å². The van der Waals surface area contributed by atoms with Gasteiger partial charge in [0.05, 0.1) is 4.95 Å². The first-order chi connectivity index (χ1) is 7.09. The maximum absolute atomic E-state index is 11.5. The summed E-state index contributed by atoms with van der Waals surface area (Å²) in [6, 6.07) is 5.98. The zero-order valence-electron chi connectivity index (χ0n) is 8.53. The van der Waals surface area contributed by atoms with Crippen LogP contribution in [0, 0.1) is 0 Å². The number of carbonyl (C=O) groups excluding carboxylic acids is 1. The number of rotatable bonds is 1. The summed E-state index contributed by atoms with van der Waals surface area (Å²) >= 11 is 3.33. The Morgan fingerprint density at radius 1 is 1.47 bits per heavy atom. The molecule has 0 radical (unpaired) electrons. The topological polar surface area (TPSA) is 46.3 Å². The van der Waals surface area contributed by atoms with E-state index in [2.05, 4.69) is 22.0 Å². The van der Waals surface area contributed by atoms with E-state index in [1.165, 1.54) is 5.56 Å². The molecule has 0 fully saturated rings. The molecule has 1 aliphatic rings. The van der Waals surface area contributed by atoms with Crippen molar-refractivity contribution in [3.05, 3.63) is 29.3 Å². The van der Waals surface area contributed by atoms with Gasteiger partial charge >= 0.3 is 0 Å². The molecular weight excluding hydrogens is 256 g/mol.